The molecule has 1 fully saturated rings. The van der Waals surface area contributed by atoms with Gasteiger partial charge in [0.1, 0.15) is 16.5 Å². The number of hydrogen-bond donors (Lipinski definition) is 2. The van der Waals surface area contributed by atoms with Crippen molar-refractivity contribution >= 4 is 40.4 Å². The molecule has 0 bridgehead atoms. The summed E-state index contributed by atoms with van der Waals surface area (Å²) in [4.78, 5) is 31.6. The lowest BCUT2D eigenvalue weighted by atomic mass is 9.99. The Labute approximate surface area is 226 Å². The van der Waals surface area contributed by atoms with E-state index in [0.29, 0.717) is 50.8 Å². The van der Waals surface area contributed by atoms with Crippen LogP contribution in [0.15, 0.2) is 51.7 Å². The van der Waals surface area contributed by atoms with Crippen molar-refractivity contribution in [3.63, 3.8) is 0 Å². The fourth-order valence-electron chi connectivity index (χ4n) is 5.16. The third-order valence-corrected chi connectivity index (χ3v) is 7.35. The van der Waals surface area contributed by atoms with Crippen LogP contribution < -0.4 is 15.6 Å². The number of anilines is 2. The number of halogens is 1. The average Bonchev–Trinajstić information content (AvgIpc) is 2.92. The molecule has 0 aliphatic carbocycles. The summed E-state index contributed by atoms with van der Waals surface area (Å²) in [7, 11) is 0. The van der Waals surface area contributed by atoms with Crippen LogP contribution >= 0.6 is 11.6 Å². The Bertz CT molecular complexity index is 1590. The van der Waals surface area contributed by atoms with E-state index < -0.39 is 0 Å². The highest BCUT2D eigenvalue weighted by Gasteiger charge is 2.23. The summed E-state index contributed by atoms with van der Waals surface area (Å²) < 4.78 is 6.52. The van der Waals surface area contributed by atoms with Gasteiger partial charge >= 0.3 is 0 Å². The molecule has 0 saturated carbocycles. The van der Waals surface area contributed by atoms with Crippen LogP contribution in [0.5, 0.6) is 5.75 Å². The number of phenolic OH excluding ortho intramolecular Hbond substituents is 1. The van der Waals surface area contributed by atoms with Gasteiger partial charge in [-0.05, 0) is 82.0 Å². The lowest BCUT2D eigenvalue weighted by molar-refractivity contribution is 0.112. The second kappa shape index (κ2) is 10.5. The van der Waals surface area contributed by atoms with Gasteiger partial charge < -0.3 is 19.7 Å². The van der Waals surface area contributed by atoms with Gasteiger partial charge in [-0.15, -0.1) is 0 Å². The van der Waals surface area contributed by atoms with Gasteiger partial charge in [-0.3, -0.25) is 9.59 Å². The van der Waals surface area contributed by atoms with Gasteiger partial charge in [-0.25, -0.2) is 4.98 Å². The molecule has 8 heteroatoms. The molecule has 1 aliphatic rings. The maximum atomic E-state index is 13.5. The summed E-state index contributed by atoms with van der Waals surface area (Å²) in [5.74, 6) is 0.550. The van der Waals surface area contributed by atoms with Crippen LogP contribution in [0.1, 0.15) is 59.3 Å². The topological polar surface area (TPSA) is 95.7 Å². The first-order chi connectivity index (χ1) is 18.3. The van der Waals surface area contributed by atoms with Gasteiger partial charge in [0.15, 0.2) is 11.7 Å². The smallest absolute Gasteiger partial charge is 0.202 e. The predicted octanol–water partition coefficient (Wildman–Crippen LogP) is 6.81. The fourth-order valence-corrected chi connectivity index (χ4v) is 5.30. The van der Waals surface area contributed by atoms with Gasteiger partial charge in [0.25, 0.3) is 0 Å². The van der Waals surface area contributed by atoms with Crippen LogP contribution in [0.3, 0.4) is 0 Å². The zero-order valence-electron chi connectivity index (χ0n) is 21.7. The molecular weight excluding hydrogens is 502 g/mol. The lowest BCUT2D eigenvalue weighted by Crippen LogP contribution is -2.31. The number of piperidine rings is 1. The predicted molar refractivity (Wildman–Crippen MR) is 152 cm³/mol. The summed E-state index contributed by atoms with van der Waals surface area (Å²) in [5, 5.41) is 14.3. The zero-order chi connectivity index (χ0) is 27.0. The van der Waals surface area contributed by atoms with Gasteiger partial charge in [0.2, 0.25) is 5.88 Å². The molecule has 1 saturated heterocycles. The number of nitrogens with one attached hydrogen (secondary N) is 1. The molecule has 4 aromatic rings. The van der Waals surface area contributed by atoms with Crippen molar-refractivity contribution in [2.75, 3.05) is 23.3 Å². The summed E-state index contributed by atoms with van der Waals surface area (Å²) in [6.45, 7) is 7.56. The van der Waals surface area contributed by atoms with E-state index in [0.717, 1.165) is 37.1 Å². The quantitative estimate of drug-likeness (QED) is 0.208. The number of rotatable bonds is 6. The normalized spacial score (nSPS) is 14.5. The highest BCUT2D eigenvalue weighted by atomic mass is 35.5. The Morgan fingerprint density at radius 3 is 2.61 bits per heavy atom. The second-order valence-corrected chi connectivity index (χ2v) is 10.3. The highest BCUT2D eigenvalue weighted by molar-refractivity contribution is 6.29. The minimum atomic E-state index is -0.262. The van der Waals surface area contributed by atoms with Crippen molar-refractivity contribution in [1.82, 2.24) is 4.98 Å². The molecular formula is C30H30ClN3O4. The van der Waals surface area contributed by atoms with Gasteiger partial charge in [0, 0.05) is 24.2 Å². The summed E-state index contributed by atoms with van der Waals surface area (Å²) in [6, 6.07) is 11.9. The molecule has 0 amide bonds. The number of hydrogen-bond acceptors (Lipinski definition) is 7. The van der Waals surface area contributed by atoms with Gasteiger partial charge in [-0.1, -0.05) is 17.7 Å². The first kappa shape index (κ1) is 25.8. The maximum absolute atomic E-state index is 13.5. The van der Waals surface area contributed by atoms with Gasteiger partial charge in [-0.2, -0.15) is 0 Å². The van der Waals surface area contributed by atoms with Crippen LogP contribution in [0.2, 0.25) is 5.15 Å². The Hall–Kier alpha value is -3.84. The van der Waals surface area contributed by atoms with Crippen LogP contribution in [0, 0.1) is 13.8 Å². The SMILES string of the molecule is Cc1cc(C(C)Nc2ccc(Cl)nc2-c2ccc(O)c(C=O)c2)c2oc(N3CCCCC3)c(C)c(=O)c2c1. The average molecular weight is 532 g/mol. The van der Waals surface area contributed by atoms with Crippen LogP contribution in [-0.2, 0) is 0 Å². The lowest BCUT2D eigenvalue weighted by Gasteiger charge is -2.29. The molecule has 2 aromatic carbocycles. The van der Waals surface area contributed by atoms with Crippen molar-refractivity contribution < 1.29 is 14.3 Å². The molecule has 1 atom stereocenters. The third-order valence-electron chi connectivity index (χ3n) is 7.14. The number of benzene rings is 2. The number of aryl methyl sites for hydroxylation is 1. The van der Waals surface area contributed by atoms with Crippen LogP contribution in [0.25, 0.3) is 22.2 Å². The van der Waals surface area contributed by atoms with E-state index in [-0.39, 0.29) is 22.8 Å². The van der Waals surface area contributed by atoms with Crippen molar-refractivity contribution in [2.24, 2.45) is 0 Å². The molecule has 1 unspecified atom stereocenters. The number of carbonyl (C=O) groups is 1. The number of nitrogens with zero attached hydrogens (tertiary/aromatic N) is 2. The number of aromatic nitrogens is 1. The Kier molecular flexibility index (Phi) is 7.13. The molecule has 38 heavy (non-hydrogen) atoms. The number of aromatic hydroxyl groups is 1. The molecule has 2 N–H and O–H groups in total. The largest absolute Gasteiger partial charge is 0.507 e. The minimum absolute atomic E-state index is 0.0108. The van der Waals surface area contributed by atoms with Crippen molar-refractivity contribution in [3.8, 4) is 17.0 Å². The molecule has 196 valence electrons. The summed E-state index contributed by atoms with van der Waals surface area (Å²) >= 11 is 6.24. The molecule has 0 spiro atoms. The van der Waals surface area contributed by atoms with E-state index in [1.165, 1.54) is 12.5 Å². The first-order valence-electron chi connectivity index (χ1n) is 12.8. The van der Waals surface area contributed by atoms with Crippen LogP contribution in [0.4, 0.5) is 11.6 Å². The second-order valence-electron chi connectivity index (χ2n) is 9.93. The Balaban J connectivity index is 1.60. The summed E-state index contributed by atoms with van der Waals surface area (Å²) in [6.07, 6.45) is 3.94. The monoisotopic (exact) mass is 531 g/mol. The standard InChI is InChI=1S/C30H30ClN3O4/c1-17-13-22(29-23(14-17)28(37)18(2)30(38-29)34-11-5-4-6-12-34)19(3)32-24-8-10-26(31)33-27(24)20-7-9-25(36)21(15-20)16-35/h7-10,13-16,19,32,36H,4-6,11-12H2,1-3H3. The molecule has 0 radical (unpaired) electrons. The van der Waals surface area contributed by atoms with Crippen molar-refractivity contribution in [2.45, 2.75) is 46.1 Å². The van der Waals surface area contributed by atoms with E-state index in [2.05, 4.69) is 15.2 Å². The van der Waals surface area contributed by atoms with Crippen LogP contribution in [-0.4, -0.2) is 29.5 Å². The molecule has 3 heterocycles. The summed E-state index contributed by atoms with van der Waals surface area (Å²) in [5.41, 5.74) is 5.03. The van der Waals surface area contributed by atoms with E-state index in [4.69, 9.17) is 16.0 Å². The molecule has 1 aliphatic heterocycles. The van der Waals surface area contributed by atoms with Gasteiger partial charge in [0.05, 0.1) is 33.9 Å². The molecule has 7 nitrogen and oxygen atoms in total. The number of carbonyl (C=O) groups excluding carboxylic acids is 1. The molecule has 5 rings (SSSR count). The van der Waals surface area contributed by atoms with Crippen molar-refractivity contribution in [1.29, 1.82) is 0 Å². The fraction of sp³-hybridized carbons (Fsp3) is 0.300. The highest BCUT2D eigenvalue weighted by Crippen LogP contribution is 2.35. The number of aldehydes is 1. The maximum Gasteiger partial charge on any atom is 0.202 e. The van der Waals surface area contributed by atoms with E-state index in [1.54, 1.807) is 18.2 Å². The molecule has 2 aromatic heterocycles. The number of fused-ring (bicyclic) bond motifs is 1. The van der Waals surface area contributed by atoms with E-state index in [9.17, 15) is 14.7 Å². The zero-order valence-corrected chi connectivity index (χ0v) is 22.4. The number of pyridine rings is 1. The third kappa shape index (κ3) is 4.86. The number of phenols is 1. The van der Waals surface area contributed by atoms with E-state index in [1.807, 2.05) is 39.0 Å². The first-order valence-corrected chi connectivity index (χ1v) is 13.2. The van der Waals surface area contributed by atoms with E-state index >= 15 is 0 Å². The Morgan fingerprint density at radius 1 is 1.11 bits per heavy atom. The minimum Gasteiger partial charge on any atom is -0.507 e. The Morgan fingerprint density at radius 2 is 1.87 bits per heavy atom. The van der Waals surface area contributed by atoms with Crippen molar-refractivity contribution in [3.05, 3.63) is 80.1 Å².